The zero-order valence-corrected chi connectivity index (χ0v) is 10.5. The van der Waals surface area contributed by atoms with Crippen molar-refractivity contribution in [1.82, 2.24) is 0 Å². The van der Waals surface area contributed by atoms with Crippen molar-refractivity contribution in [1.29, 1.82) is 0 Å². The lowest BCUT2D eigenvalue weighted by Gasteiger charge is -2.32. The second kappa shape index (κ2) is 5.79. The summed E-state index contributed by atoms with van der Waals surface area (Å²) in [4.78, 5) is -5.78. The van der Waals surface area contributed by atoms with Crippen LogP contribution in [0.4, 0.5) is 52.7 Å². The minimum atomic E-state index is -6.54. The maximum absolute atomic E-state index is 12.1. The fourth-order valence-electron chi connectivity index (χ4n) is 0.668. The van der Waals surface area contributed by atoms with Crippen LogP contribution in [0.5, 0.6) is 0 Å². The molecule has 0 aliphatic carbocycles. The molecule has 21 heavy (non-hydrogen) atoms. The highest BCUT2D eigenvalue weighted by atomic mass is 33.1. The molecule has 0 bridgehead atoms. The zero-order valence-electron chi connectivity index (χ0n) is 8.88. The van der Waals surface area contributed by atoms with Crippen molar-refractivity contribution < 1.29 is 57.8 Å². The maximum atomic E-state index is 12.1. The molecule has 0 rings (SSSR count). The predicted molar refractivity (Wildman–Crippen MR) is 48.1 cm³/mol. The minimum Gasteiger partial charge on any atom is -0.364 e. The fraction of sp³-hybridized carbons (Fsp3) is 1.00. The molecule has 0 fully saturated rings. The van der Waals surface area contributed by atoms with Crippen molar-refractivity contribution in [3.63, 3.8) is 0 Å². The quantitative estimate of drug-likeness (QED) is 0.435. The average molecular weight is 382 g/mol. The van der Waals surface area contributed by atoms with Crippen molar-refractivity contribution >= 4 is 21.6 Å². The van der Waals surface area contributed by atoms with Gasteiger partial charge in [0, 0.05) is 0 Å². The molecular weight excluding hydrogens is 380 g/mol. The lowest BCUT2D eigenvalue weighted by atomic mass is 10.3. The van der Waals surface area contributed by atoms with E-state index in [0.717, 1.165) is 0 Å². The number of hydrogen-bond donors (Lipinski definition) is 1. The van der Waals surface area contributed by atoms with Crippen LogP contribution in [0.15, 0.2) is 0 Å². The van der Waals surface area contributed by atoms with Crippen LogP contribution in [0.3, 0.4) is 0 Å². The first-order valence-corrected chi connectivity index (χ1v) is 6.39. The highest BCUT2D eigenvalue weighted by molar-refractivity contribution is 8.77. The summed E-state index contributed by atoms with van der Waals surface area (Å²) in [5, 5.41) is 3.89. The van der Waals surface area contributed by atoms with Crippen molar-refractivity contribution in [3.05, 3.63) is 0 Å². The van der Waals surface area contributed by atoms with Gasteiger partial charge < -0.3 is 5.11 Å². The molecule has 0 aromatic carbocycles. The van der Waals surface area contributed by atoms with Gasteiger partial charge in [0.05, 0.1) is 0 Å². The molecule has 1 N–H and O–H groups in total. The topological polar surface area (TPSA) is 20.2 Å². The first-order valence-electron chi connectivity index (χ1n) is 4.18. The van der Waals surface area contributed by atoms with Crippen LogP contribution < -0.4 is 0 Å². The van der Waals surface area contributed by atoms with Crippen LogP contribution in [-0.4, -0.2) is 40.0 Å². The second-order valence-corrected chi connectivity index (χ2v) is 5.78. The molecule has 0 saturated heterocycles. The normalized spacial score (nSPS) is 15.7. The second-order valence-electron chi connectivity index (χ2n) is 3.28. The molecule has 15 heteroatoms. The van der Waals surface area contributed by atoms with E-state index in [1.807, 2.05) is 0 Å². The number of halogens is 12. The summed E-state index contributed by atoms with van der Waals surface area (Å²) >= 11 is 0. The molecule has 0 amide bonds. The van der Waals surface area contributed by atoms with Gasteiger partial charge in [0.1, 0.15) is 0 Å². The average Bonchev–Trinajstić information content (AvgIpc) is 2.08. The standard InChI is InChI=1S/C6H2F12OS2/c7-2(8,9)1(3(10,11)12)20-21-4(19,5(13,14)15)6(16,17)18/h1,19H. The van der Waals surface area contributed by atoms with Crippen LogP contribution in [0.2, 0.25) is 0 Å². The van der Waals surface area contributed by atoms with Gasteiger partial charge in [-0.2, -0.15) is 52.7 Å². The van der Waals surface area contributed by atoms with Gasteiger partial charge in [-0.15, -0.1) is 0 Å². The summed E-state index contributed by atoms with van der Waals surface area (Å²) in [7, 11) is -3.85. The predicted octanol–water partition coefficient (Wildman–Crippen LogP) is 4.67. The lowest BCUT2D eigenvalue weighted by molar-refractivity contribution is -0.326. The Labute approximate surface area is 115 Å². The van der Waals surface area contributed by atoms with E-state index in [4.69, 9.17) is 5.11 Å². The molecule has 0 atom stereocenters. The maximum Gasteiger partial charge on any atom is 0.436 e. The number of aliphatic hydroxyl groups is 1. The zero-order chi connectivity index (χ0) is 17.5. The summed E-state index contributed by atoms with van der Waals surface area (Å²) in [5.74, 6) is 0. The molecule has 0 heterocycles. The molecule has 0 aliphatic rings. The van der Waals surface area contributed by atoms with E-state index in [1.54, 1.807) is 0 Å². The van der Waals surface area contributed by atoms with Crippen LogP contribution in [0.1, 0.15) is 0 Å². The molecule has 0 radical (unpaired) electrons. The van der Waals surface area contributed by atoms with Gasteiger partial charge in [0.15, 0.2) is 0 Å². The molecule has 0 aromatic rings. The molecular formula is C6H2F12OS2. The highest BCUT2D eigenvalue weighted by Gasteiger charge is 2.72. The van der Waals surface area contributed by atoms with Gasteiger partial charge in [0.25, 0.3) is 0 Å². The van der Waals surface area contributed by atoms with Crippen molar-refractivity contribution in [3.8, 4) is 0 Å². The van der Waals surface area contributed by atoms with E-state index in [9.17, 15) is 52.7 Å². The Morgan fingerprint density at radius 1 is 0.619 bits per heavy atom. The molecule has 0 aliphatic heterocycles. The third kappa shape index (κ3) is 4.91. The first kappa shape index (κ1) is 20.8. The van der Waals surface area contributed by atoms with E-state index < -0.39 is 56.5 Å². The smallest absolute Gasteiger partial charge is 0.364 e. The van der Waals surface area contributed by atoms with Gasteiger partial charge in [-0.05, 0) is 10.8 Å². The van der Waals surface area contributed by atoms with Gasteiger partial charge in [-0.1, -0.05) is 10.8 Å². The monoisotopic (exact) mass is 382 g/mol. The minimum absolute atomic E-state index is 1.83. The van der Waals surface area contributed by atoms with Gasteiger partial charge in [0.2, 0.25) is 5.25 Å². The van der Waals surface area contributed by atoms with E-state index in [2.05, 4.69) is 0 Å². The van der Waals surface area contributed by atoms with Gasteiger partial charge >= 0.3 is 29.6 Å². The Balaban J connectivity index is 5.42. The van der Waals surface area contributed by atoms with E-state index >= 15 is 0 Å². The van der Waals surface area contributed by atoms with Crippen LogP contribution in [-0.2, 0) is 0 Å². The largest absolute Gasteiger partial charge is 0.436 e. The van der Waals surface area contributed by atoms with E-state index in [1.165, 1.54) is 0 Å². The summed E-state index contributed by atoms with van der Waals surface area (Å²) in [6.45, 7) is 0. The van der Waals surface area contributed by atoms with Crippen LogP contribution in [0.25, 0.3) is 0 Å². The number of hydrogen-bond acceptors (Lipinski definition) is 3. The number of alkyl halides is 12. The highest BCUT2D eigenvalue weighted by Crippen LogP contribution is 2.58. The molecule has 0 unspecified atom stereocenters. The third-order valence-corrected chi connectivity index (χ3v) is 4.74. The Bertz CT molecular complexity index is 323. The Hall–Kier alpha value is -0.180. The van der Waals surface area contributed by atoms with Gasteiger partial charge in [-0.3, -0.25) is 0 Å². The van der Waals surface area contributed by atoms with E-state index in [-0.39, 0.29) is 0 Å². The van der Waals surface area contributed by atoms with Crippen molar-refractivity contribution in [2.24, 2.45) is 0 Å². The van der Waals surface area contributed by atoms with Gasteiger partial charge in [-0.25, -0.2) is 0 Å². The van der Waals surface area contributed by atoms with E-state index in [0.29, 0.717) is 0 Å². The molecule has 0 spiro atoms. The Morgan fingerprint density at radius 3 is 1.10 bits per heavy atom. The lowest BCUT2D eigenvalue weighted by Crippen LogP contribution is -2.54. The molecule has 0 aromatic heterocycles. The van der Waals surface area contributed by atoms with Crippen LogP contribution >= 0.6 is 21.6 Å². The summed E-state index contributed by atoms with van der Waals surface area (Å²) in [5.41, 5.74) is 0. The summed E-state index contributed by atoms with van der Waals surface area (Å²) in [6, 6.07) is 0. The van der Waals surface area contributed by atoms with Crippen molar-refractivity contribution in [2.45, 2.75) is 34.9 Å². The van der Waals surface area contributed by atoms with Crippen LogP contribution in [0, 0.1) is 0 Å². The fourth-order valence-corrected chi connectivity index (χ4v) is 3.24. The molecule has 1 nitrogen and oxygen atoms in total. The Morgan fingerprint density at radius 2 is 0.905 bits per heavy atom. The summed E-state index contributed by atoms with van der Waals surface area (Å²) < 4.78 is 144. The molecule has 0 saturated carbocycles. The Kier molecular flexibility index (Phi) is 5.74. The SMILES string of the molecule is OC(SSC(C(F)(F)F)C(F)(F)F)(C(F)(F)F)C(F)(F)F. The molecule has 128 valence electrons. The first-order chi connectivity index (χ1) is 8.84. The summed E-state index contributed by atoms with van der Waals surface area (Å²) in [6.07, 6.45) is -25.4. The van der Waals surface area contributed by atoms with Crippen molar-refractivity contribution in [2.75, 3.05) is 0 Å². The number of rotatable bonds is 3. The third-order valence-electron chi connectivity index (χ3n) is 1.63.